The summed E-state index contributed by atoms with van der Waals surface area (Å²) >= 11 is 0. The molecular weight excluding hydrogens is 142 g/mol. The van der Waals surface area contributed by atoms with Crippen molar-refractivity contribution in [3.8, 4) is 0 Å². The average Bonchev–Trinajstić information content (AvgIpc) is 1.79. The molecule has 0 saturated carbocycles. The third-order valence-corrected chi connectivity index (χ3v) is 0.617. The van der Waals surface area contributed by atoms with Gasteiger partial charge in [0.05, 0.1) is 13.2 Å². The van der Waals surface area contributed by atoms with Crippen molar-refractivity contribution in [2.75, 3.05) is 13.2 Å². The summed E-state index contributed by atoms with van der Waals surface area (Å²) in [5, 5.41) is 32.3. The van der Waals surface area contributed by atoms with Crippen LogP contribution in [0.1, 0.15) is 0 Å². The van der Waals surface area contributed by atoms with Crippen LogP contribution in [0.15, 0.2) is 0 Å². The fraction of sp³-hybridized carbons (Fsp3) is 1.00. The molecule has 0 rings (SSSR count). The van der Waals surface area contributed by atoms with E-state index in [1.807, 2.05) is 0 Å². The molecule has 0 amide bonds. The molecule has 0 aromatic heterocycles. The highest BCUT2D eigenvalue weighted by molar-refractivity contribution is 6.33. The first-order chi connectivity index (χ1) is 4.63. The molecule has 10 heavy (non-hydrogen) atoms. The molecule has 0 atom stereocenters. The van der Waals surface area contributed by atoms with Gasteiger partial charge in [-0.3, -0.25) is 0 Å². The van der Waals surface area contributed by atoms with Crippen LogP contribution in [0.4, 0.5) is 0 Å². The lowest BCUT2D eigenvalue weighted by molar-refractivity contribution is 0.118. The van der Waals surface area contributed by atoms with Gasteiger partial charge in [-0.1, -0.05) is 0 Å². The topological polar surface area (TPSA) is 99.4 Å². The Morgan fingerprint density at radius 2 is 1.10 bits per heavy atom. The minimum atomic E-state index is -1.85. The lowest BCUT2D eigenvalue weighted by Crippen LogP contribution is -2.24. The number of hydrogen-bond acceptors (Lipinski definition) is 6. The predicted molar refractivity (Wildman–Crippen MR) is 32.3 cm³/mol. The SMILES string of the molecule is OB(O)OCCOB(O)O. The van der Waals surface area contributed by atoms with Gasteiger partial charge < -0.3 is 29.4 Å². The van der Waals surface area contributed by atoms with E-state index < -0.39 is 14.6 Å². The molecule has 0 aliphatic heterocycles. The maximum atomic E-state index is 8.07. The molecule has 0 saturated heterocycles. The van der Waals surface area contributed by atoms with Gasteiger partial charge in [0.15, 0.2) is 0 Å². The molecule has 0 aromatic rings. The normalized spacial score (nSPS) is 9.60. The van der Waals surface area contributed by atoms with Gasteiger partial charge >= 0.3 is 14.6 Å². The quantitative estimate of drug-likeness (QED) is 0.245. The minimum absolute atomic E-state index is 0.116. The van der Waals surface area contributed by atoms with Crippen molar-refractivity contribution in [3.63, 3.8) is 0 Å². The molecule has 0 spiro atoms. The average molecular weight is 150 g/mol. The van der Waals surface area contributed by atoms with E-state index in [2.05, 4.69) is 9.31 Å². The van der Waals surface area contributed by atoms with Crippen LogP contribution in [-0.4, -0.2) is 48.0 Å². The second kappa shape index (κ2) is 5.66. The van der Waals surface area contributed by atoms with E-state index in [4.69, 9.17) is 20.1 Å². The van der Waals surface area contributed by atoms with Gasteiger partial charge in [-0.05, 0) is 0 Å². The van der Waals surface area contributed by atoms with Crippen LogP contribution in [0.3, 0.4) is 0 Å². The van der Waals surface area contributed by atoms with Crippen molar-refractivity contribution < 1.29 is 29.4 Å². The predicted octanol–water partition coefficient (Wildman–Crippen LogP) is -3.04. The summed E-state index contributed by atoms with van der Waals surface area (Å²) in [6, 6.07) is 0. The van der Waals surface area contributed by atoms with Crippen LogP contribution in [-0.2, 0) is 9.31 Å². The van der Waals surface area contributed by atoms with Gasteiger partial charge in [0.25, 0.3) is 0 Å². The first-order valence-corrected chi connectivity index (χ1v) is 2.58. The van der Waals surface area contributed by atoms with Crippen LogP contribution in [0.25, 0.3) is 0 Å². The Morgan fingerprint density at radius 3 is 1.30 bits per heavy atom. The van der Waals surface area contributed by atoms with Crippen LogP contribution >= 0.6 is 0 Å². The van der Waals surface area contributed by atoms with E-state index in [9.17, 15) is 0 Å². The van der Waals surface area contributed by atoms with Crippen molar-refractivity contribution in [1.82, 2.24) is 0 Å². The minimum Gasteiger partial charge on any atom is -0.402 e. The van der Waals surface area contributed by atoms with Gasteiger partial charge in [0.1, 0.15) is 0 Å². The van der Waals surface area contributed by atoms with Crippen LogP contribution < -0.4 is 0 Å². The van der Waals surface area contributed by atoms with Gasteiger partial charge in [-0.15, -0.1) is 0 Å². The number of rotatable bonds is 5. The molecular formula is C2H8B2O6. The molecule has 0 radical (unpaired) electrons. The number of hydrogen-bond donors (Lipinski definition) is 4. The van der Waals surface area contributed by atoms with Gasteiger partial charge in [-0.25, -0.2) is 0 Å². The highest BCUT2D eigenvalue weighted by Gasteiger charge is 2.10. The molecule has 0 aliphatic rings. The Balaban J connectivity index is 2.91. The first-order valence-electron chi connectivity index (χ1n) is 2.58. The third kappa shape index (κ3) is 7.89. The van der Waals surface area contributed by atoms with Crippen molar-refractivity contribution in [3.05, 3.63) is 0 Å². The van der Waals surface area contributed by atoms with E-state index in [-0.39, 0.29) is 13.2 Å². The molecule has 0 heterocycles. The van der Waals surface area contributed by atoms with Crippen molar-refractivity contribution in [1.29, 1.82) is 0 Å². The zero-order valence-electron chi connectivity index (χ0n) is 5.17. The van der Waals surface area contributed by atoms with E-state index in [0.29, 0.717) is 0 Å². The summed E-state index contributed by atoms with van der Waals surface area (Å²) in [4.78, 5) is 0. The zero-order valence-corrected chi connectivity index (χ0v) is 5.17. The molecule has 4 N–H and O–H groups in total. The summed E-state index contributed by atoms with van der Waals surface area (Å²) < 4.78 is 8.31. The molecule has 58 valence electrons. The maximum absolute atomic E-state index is 8.07. The van der Waals surface area contributed by atoms with E-state index >= 15 is 0 Å². The summed E-state index contributed by atoms with van der Waals surface area (Å²) in [6.07, 6.45) is 0. The Labute approximate surface area is 58.4 Å². The first kappa shape index (κ1) is 9.89. The third-order valence-electron chi connectivity index (χ3n) is 0.617. The molecule has 0 aliphatic carbocycles. The Bertz CT molecular complexity index is 66.1. The Morgan fingerprint density at radius 1 is 0.800 bits per heavy atom. The molecule has 0 aromatic carbocycles. The van der Waals surface area contributed by atoms with Crippen molar-refractivity contribution in [2.45, 2.75) is 0 Å². The fourth-order valence-electron chi connectivity index (χ4n) is 0.307. The standard InChI is InChI=1S/C2H8B2O6/c5-3(6)9-1-2-10-4(7)8/h5-8H,1-2H2. The van der Waals surface area contributed by atoms with Crippen molar-refractivity contribution >= 4 is 14.6 Å². The monoisotopic (exact) mass is 150 g/mol. The lowest BCUT2D eigenvalue weighted by atomic mass is 10.2. The summed E-state index contributed by atoms with van der Waals surface area (Å²) in [6.45, 7) is -0.232. The Hall–Kier alpha value is -0.110. The van der Waals surface area contributed by atoms with Crippen LogP contribution in [0.2, 0.25) is 0 Å². The summed E-state index contributed by atoms with van der Waals surface area (Å²) in [5.41, 5.74) is 0. The highest BCUT2D eigenvalue weighted by atomic mass is 16.6. The van der Waals surface area contributed by atoms with Gasteiger partial charge in [0.2, 0.25) is 0 Å². The lowest BCUT2D eigenvalue weighted by Gasteiger charge is -2.02. The van der Waals surface area contributed by atoms with E-state index in [0.717, 1.165) is 0 Å². The second-order valence-electron chi connectivity index (χ2n) is 1.39. The largest absolute Gasteiger partial charge is 0.633 e. The second-order valence-corrected chi connectivity index (χ2v) is 1.39. The molecule has 0 fully saturated rings. The van der Waals surface area contributed by atoms with E-state index in [1.165, 1.54) is 0 Å². The summed E-state index contributed by atoms with van der Waals surface area (Å²) in [7, 11) is -3.70. The molecule has 0 bridgehead atoms. The maximum Gasteiger partial charge on any atom is 0.633 e. The molecule has 8 heteroatoms. The van der Waals surface area contributed by atoms with Crippen LogP contribution in [0, 0.1) is 0 Å². The van der Waals surface area contributed by atoms with Gasteiger partial charge in [-0.2, -0.15) is 0 Å². The van der Waals surface area contributed by atoms with Crippen LogP contribution in [0.5, 0.6) is 0 Å². The van der Waals surface area contributed by atoms with Crippen molar-refractivity contribution in [2.24, 2.45) is 0 Å². The highest BCUT2D eigenvalue weighted by Crippen LogP contribution is 1.79. The van der Waals surface area contributed by atoms with E-state index in [1.54, 1.807) is 0 Å². The molecule has 0 unspecified atom stereocenters. The molecule has 6 nitrogen and oxygen atoms in total. The Kier molecular flexibility index (Phi) is 5.60. The zero-order chi connectivity index (χ0) is 7.98. The van der Waals surface area contributed by atoms with Gasteiger partial charge in [0, 0.05) is 0 Å². The smallest absolute Gasteiger partial charge is 0.402 e. The fourth-order valence-corrected chi connectivity index (χ4v) is 0.307. The summed E-state index contributed by atoms with van der Waals surface area (Å²) in [5.74, 6) is 0.